The van der Waals surface area contributed by atoms with Crippen molar-refractivity contribution in [2.45, 2.75) is 19.1 Å². The van der Waals surface area contributed by atoms with Crippen LogP contribution in [-0.4, -0.2) is 24.2 Å². The first-order valence-electron chi connectivity index (χ1n) is 5.20. The van der Waals surface area contributed by atoms with Crippen molar-refractivity contribution >= 4 is 0 Å². The van der Waals surface area contributed by atoms with Gasteiger partial charge in [-0.3, -0.25) is 4.90 Å². The Balaban J connectivity index is 2.02. The summed E-state index contributed by atoms with van der Waals surface area (Å²) >= 11 is 0. The first kappa shape index (κ1) is 10.2. The number of rotatable bonds is 2. The van der Waals surface area contributed by atoms with E-state index in [4.69, 9.17) is 6.42 Å². The van der Waals surface area contributed by atoms with Crippen molar-refractivity contribution in [1.82, 2.24) is 4.90 Å². The van der Waals surface area contributed by atoms with Crippen LogP contribution in [0.25, 0.3) is 0 Å². The van der Waals surface area contributed by atoms with Crippen LogP contribution in [-0.2, 0) is 6.54 Å². The number of hydrogen-bond donors (Lipinski definition) is 0. The minimum Gasteiger partial charge on any atom is -0.296 e. The summed E-state index contributed by atoms with van der Waals surface area (Å²) in [5.41, 5.74) is 2.06. The number of benzene rings is 1. The molecule has 0 N–H and O–H groups in total. The van der Waals surface area contributed by atoms with Crippen LogP contribution in [0.2, 0.25) is 0 Å². The summed E-state index contributed by atoms with van der Waals surface area (Å²) in [6, 6.07) is 7.89. The topological polar surface area (TPSA) is 3.24 Å². The summed E-state index contributed by atoms with van der Waals surface area (Å²) in [4.78, 5) is 2.13. The Hall–Kier alpha value is -1.33. The largest absolute Gasteiger partial charge is 0.296 e. The van der Waals surface area contributed by atoms with E-state index in [9.17, 15) is 4.39 Å². The van der Waals surface area contributed by atoms with Gasteiger partial charge in [-0.05, 0) is 24.1 Å². The molecular weight excluding hydrogens is 189 g/mol. The molecule has 0 aliphatic carbocycles. The van der Waals surface area contributed by atoms with E-state index >= 15 is 0 Å². The highest BCUT2D eigenvalue weighted by atomic mass is 19.1. The molecular formula is C13H14FN. The van der Waals surface area contributed by atoms with Gasteiger partial charge in [0.1, 0.15) is 6.17 Å². The van der Waals surface area contributed by atoms with Crippen LogP contribution in [0.3, 0.4) is 0 Å². The highest BCUT2D eigenvalue weighted by molar-refractivity contribution is 5.35. The molecule has 1 aliphatic rings. The fourth-order valence-electron chi connectivity index (χ4n) is 1.95. The van der Waals surface area contributed by atoms with Gasteiger partial charge in [0, 0.05) is 25.2 Å². The Morgan fingerprint density at radius 2 is 2.40 bits per heavy atom. The first-order chi connectivity index (χ1) is 7.28. The van der Waals surface area contributed by atoms with E-state index in [2.05, 4.69) is 10.8 Å². The Morgan fingerprint density at radius 1 is 1.53 bits per heavy atom. The van der Waals surface area contributed by atoms with E-state index in [0.29, 0.717) is 13.0 Å². The van der Waals surface area contributed by atoms with Gasteiger partial charge in [0.2, 0.25) is 0 Å². The third-order valence-electron chi connectivity index (χ3n) is 2.71. The van der Waals surface area contributed by atoms with Crippen molar-refractivity contribution in [1.29, 1.82) is 0 Å². The highest BCUT2D eigenvalue weighted by Gasteiger charge is 2.21. The lowest BCUT2D eigenvalue weighted by Crippen LogP contribution is -2.20. The molecule has 0 unspecified atom stereocenters. The second-order valence-corrected chi connectivity index (χ2v) is 3.97. The Labute approximate surface area is 89.9 Å². The molecule has 0 aromatic heterocycles. The van der Waals surface area contributed by atoms with Crippen LogP contribution < -0.4 is 0 Å². The number of terminal acetylenes is 1. The number of nitrogens with zero attached hydrogens (tertiary/aromatic N) is 1. The van der Waals surface area contributed by atoms with Gasteiger partial charge in [-0.25, -0.2) is 4.39 Å². The SMILES string of the molecule is C#Cc1cccc(CN2CC[C@@H](F)C2)c1. The number of hydrogen-bond acceptors (Lipinski definition) is 1. The molecule has 0 saturated carbocycles. The Morgan fingerprint density at radius 3 is 3.07 bits per heavy atom. The van der Waals surface area contributed by atoms with Gasteiger partial charge >= 0.3 is 0 Å². The van der Waals surface area contributed by atoms with Crippen molar-refractivity contribution in [3.8, 4) is 12.3 Å². The summed E-state index contributed by atoms with van der Waals surface area (Å²) in [6.07, 6.45) is 5.33. The zero-order valence-electron chi connectivity index (χ0n) is 8.62. The van der Waals surface area contributed by atoms with E-state index in [-0.39, 0.29) is 0 Å². The van der Waals surface area contributed by atoms with Crippen LogP contribution in [0.15, 0.2) is 24.3 Å². The van der Waals surface area contributed by atoms with Crippen molar-refractivity contribution in [3.05, 3.63) is 35.4 Å². The maximum absolute atomic E-state index is 12.9. The minimum atomic E-state index is -0.652. The molecule has 1 atom stereocenters. The molecule has 1 aromatic carbocycles. The van der Waals surface area contributed by atoms with Crippen molar-refractivity contribution < 1.29 is 4.39 Å². The molecule has 0 bridgehead atoms. The van der Waals surface area contributed by atoms with Gasteiger partial charge < -0.3 is 0 Å². The van der Waals surface area contributed by atoms with E-state index in [0.717, 1.165) is 18.7 Å². The number of likely N-dealkylation sites (tertiary alicyclic amines) is 1. The molecule has 1 aliphatic heterocycles. The molecule has 2 heteroatoms. The molecule has 1 heterocycles. The zero-order chi connectivity index (χ0) is 10.7. The van der Waals surface area contributed by atoms with Gasteiger partial charge in [-0.1, -0.05) is 18.1 Å². The maximum atomic E-state index is 12.9. The zero-order valence-corrected chi connectivity index (χ0v) is 8.62. The number of alkyl halides is 1. The molecule has 1 saturated heterocycles. The molecule has 0 radical (unpaired) electrons. The first-order valence-corrected chi connectivity index (χ1v) is 5.20. The number of halogens is 1. The Bertz CT molecular complexity index is 380. The van der Waals surface area contributed by atoms with Crippen LogP contribution in [0.5, 0.6) is 0 Å². The smallest absolute Gasteiger partial charge is 0.114 e. The lowest BCUT2D eigenvalue weighted by atomic mass is 10.1. The second kappa shape index (κ2) is 4.46. The lowest BCUT2D eigenvalue weighted by Gasteiger charge is -2.14. The van der Waals surface area contributed by atoms with E-state index in [1.54, 1.807) is 0 Å². The molecule has 1 fully saturated rings. The molecule has 15 heavy (non-hydrogen) atoms. The van der Waals surface area contributed by atoms with Gasteiger partial charge in [-0.2, -0.15) is 0 Å². The molecule has 2 rings (SSSR count). The Kier molecular flexibility index (Phi) is 3.03. The average Bonchev–Trinajstić information content (AvgIpc) is 2.64. The third-order valence-corrected chi connectivity index (χ3v) is 2.71. The average molecular weight is 203 g/mol. The van der Waals surface area contributed by atoms with Gasteiger partial charge in [-0.15, -0.1) is 6.42 Å². The molecule has 1 nitrogen and oxygen atoms in total. The monoisotopic (exact) mass is 203 g/mol. The standard InChI is InChI=1S/C13H14FN/c1-2-11-4-3-5-12(8-11)9-15-7-6-13(14)10-15/h1,3-5,8,13H,6-7,9-10H2/t13-/m1/s1. The quantitative estimate of drug-likeness (QED) is 0.666. The summed E-state index contributed by atoms with van der Waals surface area (Å²) < 4.78 is 12.9. The van der Waals surface area contributed by atoms with Crippen molar-refractivity contribution in [3.63, 3.8) is 0 Å². The summed E-state index contributed by atoms with van der Waals surface area (Å²) in [6.45, 7) is 2.21. The van der Waals surface area contributed by atoms with E-state index in [1.807, 2.05) is 24.3 Å². The lowest BCUT2D eigenvalue weighted by molar-refractivity contribution is 0.282. The fraction of sp³-hybridized carbons (Fsp3) is 0.385. The molecule has 0 amide bonds. The van der Waals surface area contributed by atoms with Gasteiger partial charge in [0.05, 0.1) is 0 Å². The van der Waals surface area contributed by atoms with Gasteiger partial charge in [0.15, 0.2) is 0 Å². The normalized spacial score (nSPS) is 21.5. The summed E-state index contributed by atoms with van der Waals surface area (Å²) in [5.74, 6) is 2.61. The van der Waals surface area contributed by atoms with Gasteiger partial charge in [0.25, 0.3) is 0 Å². The van der Waals surface area contributed by atoms with Crippen molar-refractivity contribution in [2.75, 3.05) is 13.1 Å². The summed E-state index contributed by atoms with van der Waals surface area (Å²) in [7, 11) is 0. The van der Waals surface area contributed by atoms with Crippen LogP contribution in [0.4, 0.5) is 4.39 Å². The third kappa shape index (κ3) is 2.57. The molecule has 0 spiro atoms. The van der Waals surface area contributed by atoms with Crippen LogP contribution in [0.1, 0.15) is 17.5 Å². The predicted octanol–water partition coefficient (Wildman–Crippen LogP) is 2.21. The predicted molar refractivity (Wildman–Crippen MR) is 59.2 cm³/mol. The second-order valence-electron chi connectivity index (χ2n) is 3.97. The molecule has 78 valence electrons. The van der Waals surface area contributed by atoms with Crippen molar-refractivity contribution in [2.24, 2.45) is 0 Å². The summed E-state index contributed by atoms with van der Waals surface area (Å²) in [5, 5.41) is 0. The van der Waals surface area contributed by atoms with Crippen LogP contribution >= 0.6 is 0 Å². The minimum absolute atomic E-state index is 0.556. The maximum Gasteiger partial charge on any atom is 0.114 e. The van der Waals surface area contributed by atoms with E-state index < -0.39 is 6.17 Å². The highest BCUT2D eigenvalue weighted by Crippen LogP contribution is 2.16. The molecule has 1 aromatic rings. The van der Waals surface area contributed by atoms with E-state index in [1.165, 1.54) is 5.56 Å². The fourth-order valence-corrected chi connectivity index (χ4v) is 1.95. The van der Waals surface area contributed by atoms with Crippen LogP contribution in [0, 0.1) is 12.3 Å².